The number of hydrogen-bond acceptors (Lipinski definition) is 2. The van der Waals surface area contributed by atoms with E-state index in [2.05, 4.69) is 33.3 Å². The molecule has 0 heterocycles. The van der Waals surface area contributed by atoms with E-state index in [9.17, 15) is 0 Å². The third kappa shape index (κ3) is 4.20. The van der Waals surface area contributed by atoms with Gasteiger partial charge < -0.3 is 0 Å². The summed E-state index contributed by atoms with van der Waals surface area (Å²) < 4.78 is 0. The fraction of sp³-hybridized carbons (Fsp3) is 1.00. The van der Waals surface area contributed by atoms with Gasteiger partial charge in [-0.25, -0.2) is 0 Å². The average molecular weight is 120 g/mol. The summed E-state index contributed by atoms with van der Waals surface area (Å²) in [6.45, 7) is 4.17. The molecule has 0 spiro atoms. The Hall–Kier alpha value is 0.350. The maximum Gasteiger partial charge on any atom is 0.0507 e. The van der Waals surface area contributed by atoms with Crippen LogP contribution in [0.2, 0.25) is 0 Å². The molecular weight excluding hydrogens is 107 g/mol. The first-order valence-electron chi connectivity index (χ1n) is 2.43. The molecule has 0 aromatic carbocycles. The van der Waals surface area contributed by atoms with Gasteiger partial charge in [0.1, 0.15) is 0 Å². The van der Waals surface area contributed by atoms with Crippen LogP contribution in [0.1, 0.15) is 6.92 Å². The Morgan fingerprint density at radius 3 is 2.43 bits per heavy atom. The topological polar surface area (TPSA) is 15.3 Å². The molecule has 0 bridgehead atoms. The van der Waals surface area contributed by atoms with Gasteiger partial charge in [-0.3, -0.25) is 9.99 Å². The van der Waals surface area contributed by atoms with Crippen LogP contribution < -0.4 is 5.09 Å². The molecule has 0 saturated carbocycles. The lowest BCUT2D eigenvalue weighted by Gasteiger charge is -2.10. The van der Waals surface area contributed by atoms with Crippen molar-refractivity contribution in [2.24, 2.45) is 0 Å². The maximum atomic E-state index is 2.96. The molecule has 0 aromatic rings. The Balaban J connectivity index is 2.83. The van der Waals surface area contributed by atoms with E-state index in [1.165, 1.54) is 0 Å². The minimum absolute atomic E-state index is 0.946. The number of hydrogen-bond donors (Lipinski definition) is 1. The minimum atomic E-state index is 0.946. The van der Waals surface area contributed by atoms with Crippen molar-refractivity contribution in [2.75, 3.05) is 20.3 Å². The molecule has 1 atom stereocenters. The standard InChI is InChI=1S/C4H13N2P/c1-3-6(2)4-5-7/h5H,3-4,7H2,1-2H3. The van der Waals surface area contributed by atoms with Gasteiger partial charge >= 0.3 is 0 Å². The molecule has 0 rings (SSSR count). The number of nitrogens with zero attached hydrogens (tertiary/aromatic N) is 1. The van der Waals surface area contributed by atoms with Crippen molar-refractivity contribution in [1.82, 2.24) is 9.99 Å². The quantitative estimate of drug-likeness (QED) is 0.425. The number of nitrogens with one attached hydrogen (secondary N) is 1. The second-order valence-electron chi connectivity index (χ2n) is 1.53. The van der Waals surface area contributed by atoms with E-state index in [0.717, 1.165) is 13.2 Å². The van der Waals surface area contributed by atoms with Crippen molar-refractivity contribution in [3.8, 4) is 0 Å². The van der Waals surface area contributed by atoms with E-state index in [1.54, 1.807) is 0 Å². The summed E-state index contributed by atoms with van der Waals surface area (Å²) in [5.41, 5.74) is 0. The Kier molecular flexibility index (Phi) is 4.73. The van der Waals surface area contributed by atoms with Gasteiger partial charge in [0.25, 0.3) is 0 Å². The molecule has 0 aliphatic carbocycles. The molecule has 0 radical (unpaired) electrons. The van der Waals surface area contributed by atoms with Crippen LogP contribution in [0, 0.1) is 0 Å². The van der Waals surface area contributed by atoms with Crippen LogP contribution in [0.5, 0.6) is 0 Å². The zero-order chi connectivity index (χ0) is 5.70. The fourth-order valence-corrected chi connectivity index (χ4v) is 0.579. The van der Waals surface area contributed by atoms with Gasteiger partial charge in [-0.1, -0.05) is 16.3 Å². The Morgan fingerprint density at radius 1 is 1.71 bits per heavy atom. The summed E-state index contributed by atoms with van der Waals surface area (Å²) in [7, 11) is 4.53. The first-order chi connectivity index (χ1) is 3.31. The predicted octanol–water partition coefficient (Wildman–Crippen LogP) is 0.275. The molecule has 0 aliphatic heterocycles. The lowest BCUT2D eigenvalue weighted by molar-refractivity contribution is 0.352. The Morgan fingerprint density at radius 2 is 2.29 bits per heavy atom. The lowest BCUT2D eigenvalue weighted by Crippen LogP contribution is -2.24. The largest absolute Gasteiger partial charge is 0.294 e. The molecule has 0 fully saturated rings. The third-order valence-corrected chi connectivity index (χ3v) is 1.08. The minimum Gasteiger partial charge on any atom is -0.294 e. The van der Waals surface area contributed by atoms with Crippen molar-refractivity contribution in [1.29, 1.82) is 0 Å². The summed E-state index contributed by atoms with van der Waals surface area (Å²) >= 11 is 0. The smallest absolute Gasteiger partial charge is 0.0507 e. The normalized spacial score (nSPS) is 10.3. The summed E-state index contributed by atoms with van der Waals surface area (Å²) in [5, 5.41) is 2.96. The molecule has 0 aromatic heterocycles. The molecule has 2 nitrogen and oxygen atoms in total. The SMILES string of the molecule is CCN(C)CNP. The highest BCUT2D eigenvalue weighted by Gasteiger charge is 1.85. The molecule has 0 amide bonds. The fourth-order valence-electron chi connectivity index (χ4n) is 0.268. The second-order valence-corrected chi connectivity index (χ2v) is 1.94. The van der Waals surface area contributed by atoms with Crippen LogP contribution >= 0.6 is 9.39 Å². The monoisotopic (exact) mass is 120 g/mol. The van der Waals surface area contributed by atoms with Crippen LogP contribution in [0.3, 0.4) is 0 Å². The average Bonchev–Trinajstić information content (AvgIpc) is 1.68. The van der Waals surface area contributed by atoms with E-state index in [1.807, 2.05) is 0 Å². The second kappa shape index (κ2) is 4.51. The summed E-state index contributed by atoms with van der Waals surface area (Å²) in [5.74, 6) is 0. The molecule has 1 N–H and O–H groups in total. The van der Waals surface area contributed by atoms with Gasteiger partial charge in [0.05, 0.1) is 6.67 Å². The van der Waals surface area contributed by atoms with Crippen molar-refractivity contribution in [2.45, 2.75) is 6.92 Å². The summed E-state index contributed by atoms with van der Waals surface area (Å²) in [4.78, 5) is 2.17. The molecular formula is C4H13N2P. The van der Waals surface area contributed by atoms with Crippen molar-refractivity contribution in [3.05, 3.63) is 0 Å². The molecule has 7 heavy (non-hydrogen) atoms. The van der Waals surface area contributed by atoms with Gasteiger partial charge in [-0.2, -0.15) is 0 Å². The molecule has 3 heteroatoms. The highest BCUT2D eigenvalue weighted by Crippen LogP contribution is 1.76. The predicted molar refractivity (Wildman–Crippen MR) is 36.0 cm³/mol. The molecule has 1 unspecified atom stereocenters. The van der Waals surface area contributed by atoms with Gasteiger partial charge in [-0.15, -0.1) is 0 Å². The molecule has 0 saturated heterocycles. The van der Waals surface area contributed by atoms with Crippen molar-refractivity contribution in [3.63, 3.8) is 0 Å². The van der Waals surface area contributed by atoms with Crippen LogP contribution in [0.4, 0.5) is 0 Å². The first kappa shape index (κ1) is 7.35. The zero-order valence-electron chi connectivity index (χ0n) is 4.94. The van der Waals surface area contributed by atoms with Crippen molar-refractivity contribution < 1.29 is 0 Å². The van der Waals surface area contributed by atoms with Crippen LogP contribution in [0.15, 0.2) is 0 Å². The maximum absolute atomic E-state index is 2.96. The van der Waals surface area contributed by atoms with E-state index in [-0.39, 0.29) is 0 Å². The van der Waals surface area contributed by atoms with Crippen LogP contribution in [-0.4, -0.2) is 25.2 Å². The highest BCUT2D eigenvalue weighted by atomic mass is 31.0. The van der Waals surface area contributed by atoms with E-state index in [4.69, 9.17) is 0 Å². The Labute approximate surface area is 47.5 Å². The first-order valence-corrected chi connectivity index (χ1v) is 3.01. The zero-order valence-corrected chi connectivity index (χ0v) is 6.09. The highest BCUT2D eigenvalue weighted by molar-refractivity contribution is 7.13. The summed E-state index contributed by atoms with van der Waals surface area (Å²) in [6, 6.07) is 0. The van der Waals surface area contributed by atoms with Gasteiger partial charge in [0, 0.05) is 0 Å². The van der Waals surface area contributed by atoms with Crippen molar-refractivity contribution >= 4 is 9.39 Å². The van der Waals surface area contributed by atoms with Crippen LogP contribution in [-0.2, 0) is 0 Å². The number of rotatable bonds is 3. The Bertz CT molecular complexity index is 40.7. The van der Waals surface area contributed by atoms with E-state index >= 15 is 0 Å². The lowest BCUT2D eigenvalue weighted by atomic mass is 10.7. The van der Waals surface area contributed by atoms with E-state index < -0.39 is 0 Å². The molecule has 0 aliphatic rings. The van der Waals surface area contributed by atoms with Gasteiger partial charge in [0.2, 0.25) is 0 Å². The summed E-state index contributed by atoms with van der Waals surface area (Å²) in [6.07, 6.45) is 0. The molecule has 44 valence electrons. The van der Waals surface area contributed by atoms with Gasteiger partial charge in [-0.05, 0) is 13.6 Å². The van der Waals surface area contributed by atoms with Gasteiger partial charge in [0.15, 0.2) is 0 Å². The van der Waals surface area contributed by atoms with Crippen LogP contribution in [0.25, 0.3) is 0 Å². The van der Waals surface area contributed by atoms with E-state index in [0.29, 0.717) is 0 Å². The third-order valence-electron chi connectivity index (χ3n) is 0.901.